The summed E-state index contributed by atoms with van der Waals surface area (Å²) >= 11 is 1.61. The minimum Gasteiger partial charge on any atom is -0.309 e. The normalized spacial score (nSPS) is 15.5. The van der Waals surface area contributed by atoms with Crippen LogP contribution in [0.5, 0.6) is 0 Å². The molecule has 0 amide bonds. The second-order valence-electron chi connectivity index (χ2n) is 9.96. The third-order valence-electron chi connectivity index (χ3n) is 7.40. The fraction of sp³-hybridized carbons (Fsp3) is 0. The van der Waals surface area contributed by atoms with E-state index in [1.54, 1.807) is 23.5 Å². The van der Waals surface area contributed by atoms with Crippen LogP contribution in [0.2, 0.25) is 0 Å². The van der Waals surface area contributed by atoms with E-state index in [4.69, 9.17) is 27.3 Å². The van der Waals surface area contributed by atoms with Gasteiger partial charge in [-0.3, -0.25) is 0 Å². The molecule has 3 aromatic heterocycles. The Balaban J connectivity index is 1.44. The van der Waals surface area contributed by atoms with Crippen LogP contribution in [-0.2, 0) is 0 Å². The molecule has 44 heavy (non-hydrogen) atoms. The monoisotopic (exact) mass is 592 g/mol. The van der Waals surface area contributed by atoms with Gasteiger partial charge in [-0.05, 0) is 48.4 Å². The zero-order chi connectivity index (χ0) is 39.5. The Bertz CT molecular complexity index is 3150. The van der Waals surface area contributed by atoms with Crippen molar-refractivity contribution >= 4 is 53.3 Å². The number of para-hydroxylation sites is 2. The molecule has 5 heteroatoms. The maximum Gasteiger partial charge on any atom is 0.164 e. The van der Waals surface area contributed by atoms with Crippen LogP contribution in [0.1, 0.15) is 16.4 Å². The Kier molecular flexibility index (Phi) is 3.56. The Morgan fingerprint density at radius 2 is 1.23 bits per heavy atom. The Hall–Kier alpha value is -5.65. The average Bonchev–Trinajstić information content (AvgIpc) is 3.77. The lowest BCUT2D eigenvalue weighted by Gasteiger charge is -2.10. The second kappa shape index (κ2) is 9.97. The van der Waals surface area contributed by atoms with Crippen LogP contribution in [0.4, 0.5) is 0 Å². The van der Waals surface area contributed by atoms with E-state index < -0.39 is 78.2 Å². The van der Waals surface area contributed by atoms with E-state index in [0.717, 1.165) is 24.7 Å². The van der Waals surface area contributed by atoms with E-state index in [1.807, 2.05) is 60.7 Å². The number of aromatic nitrogens is 4. The van der Waals surface area contributed by atoms with Crippen LogP contribution in [-0.4, -0.2) is 19.5 Å². The molecule has 0 fully saturated rings. The molecular weight excluding hydrogens is 557 g/mol. The lowest BCUT2D eigenvalue weighted by atomic mass is 10.1. The third kappa shape index (κ3) is 3.94. The summed E-state index contributed by atoms with van der Waals surface area (Å²) in [4.78, 5) is 14.5. The number of rotatable bonds is 4. The van der Waals surface area contributed by atoms with E-state index in [2.05, 4.69) is 0 Å². The van der Waals surface area contributed by atoms with Gasteiger partial charge in [0.25, 0.3) is 0 Å². The summed E-state index contributed by atoms with van der Waals surface area (Å²) in [6.45, 7) is 0. The topological polar surface area (TPSA) is 43.6 Å². The molecule has 6 aromatic carbocycles. The molecule has 0 spiro atoms. The predicted octanol–water partition coefficient (Wildman–Crippen LogP) is 10.3. The van der Waals surface area contributed by atoms with E-state index in [1.165, 1.54) is 0 Å². The molecule has 3 heterocycles. The highest BCUT2D eigenvalue weighted by molar-refractivity contribution is 7.25. The van der Waals surface area contributed by atoms with Crippen molar-refractivity contribution in [3.05, 3.63) is 145 Å². The lowest BCUT2D eigenvalue weighted by molar-refractivity contribution is 1.08. The minimum absolute atomic E-state index is 0.139. The highest BCUT2D eigenvalue weighted by atomic mass is 32.1. The van der Waals surface area contributed by atoms with Crippen molar-refractivity contribution in [1.82, 2.24) is 19.5 Å². The van der Waals surface area contributed by atoms with E-state index in [-0.39, 0.29) is 44.8 Å². The summed E-state index contributed by atoms with van der Waals surface area (Å²) in [5.41, 5.74) is -0.0734. The number of nitrogens with zero attached hydrogens (tertiary/aromatic N) is 4. The fourth-order valence-electron chi connectivity index (χ4n) is 5.49. The van der Waals surface area contributed by atoms with Gasteiger partial charge in [-0.25, -0.2) is 15.0 Å². The van der Waals surface area contributed by atoms with Crippen LogP contribution >= 0.6 is 11.3 Å². The lowest BCUT2D eigenvalue weighted by Crippen LogP contribution is -2.00. The summed E-state index contributed by atoms with van der Waals surface area (Å²) in [6.07, 6.45) is 0. The van der Waals surface area contributed by atoms with Crippen molar-refractivity contribution in [2.24, 2.45) is 0 Å². The van der Waals surface area contributed by atoms with Crippen molar-refractivity contribution in [1.29, 1.82) is 0 Å². The largest absolute Gasteiger partial charge is 0.309 e. The maximum atomic E-state index is 9.69. The third-order valence-corrected chi connectivity index (χ3v) is 8.54. The molecule has 0 saturated carbocycles. The first-order valence-electron chi connectivity index (χ1n) is 19.7. The SMILES string of the molecule is [2H]c1c([2H])c([2H])c(-n2c3c([2H])c([2H])c([2H])c([2H])c3c3c([2H])c(-c4nc(-c5ccccc5)nc(-c5cccc6sc7ccccc7c56)n4)c([2H])c([2H])c32)c([2H])c1[2H]. The number of fused-ring (bicyclic) bond motifs is 6. The van der Waals surface area contributed by atoms with Crippen molar-refractivity contribution in [3.63, 3.8) is 0 Å². The van der Waals surface area contributed by atoms with Gasteiger partial charge < -0.3 is 4.57 Å². The maximum absolute atomic E-state index is 9.69. The van der Waals surface area contributed by atoms with Crippen LogP contribution in [0.25, 0.3) is 81.8 Å². The van der Waals surface area contributed by atoms with Crippen LogP contribution in [0.3, 0.4) is 0 Å². The molecule has 9 rings (SSSR count). The van der Waals surface area contributed by atoms with Gasteiger partial charge >= 0.3 is 0 Å². The number of thiophene rings is 1. The number of benzene rings is 6. The van der Waals surface area contributed by atoms with Crippen LogP contribution in [0, 0.1) is 0 Å². The molecule has 0 radical (unpaired) electrons. The Labute approximate surface area is 274 Å². The molecule has 4 nitrogen and oxygen atoms in total. The molecule has 0 aliphatic carbocycles. The predicted molar refractivity (Wildman–Crippen MR) is 183 cm³/mol. The quantitative estimate of drug-likeness (QED) is 0.204. The Morgan fingerprint density at radius 3 is 2.11 bits per heavy atom. The van der Waals surface area contributed by atoms with E-state index in [0.29, 0.717) is 11.1 Å². The molecule has 0 bridgehead atoms. The second-order valence-corrected chi connectivity index (χ2v) is 11.0. The van der Waals surface area contributed by atoms with Gasteiger partial charge in [0.2, 0.25) is 0 Å². The molecule has 9 aromatic rings. The standard InChI is InChI=1S/C39H24N4S/c1-3-12-25(13-4-1)37-40-38(42-39(41-37)30-18-11-21-35-36(30)29-17-8-10-20-34(29)44-35)26-22-23-33-31(24-26)28-16-7-9-19-32(28)43(33)27-14-5-2-6-15-27/h1-24H/i2D,5D,6D,7D,9D,14D,15D,16D,19D,22D,23D,24D. The van der Waals surface area contributed by atoms with Crippen molar-refractivity contribution in [2.75, 3.05) is 0 Å². The van der Waals surface area contributed by atoms with Gasteiger partial charge in [-0.2, -0.15) is 0 Å². The molecule has 0 aliphatic heterocycles. The van der Waals surface area contributed by atoms with Gasteiger partial charge in [-0.1, -0.05) is 96.9 Å². The average molecular weight is 593 g/mol. The van der Waals surface area contributed by atoms with E-state index in [9.17, 15) is 4.11 Å². The fourth-order valence-corrected chi connectivity index (χ4v) is 6.62. The molecular formula is C39H24N4S. The smallest absolute Gasteiger partial charge is 0.164 e. The number of hydrogen-bond donors (Lipinski definition) is 0. The van der Waals surface area contributed by atoms with Crippen LogP contribution in [0.15, 0.2) is 145 Å². The van der Waals surface area contributed by atoms with Gasteiger partial charge in [0.15, 0.2) is 17.5 Å². The number of hydrogen-bond acceptors (Lipinski definition) is 4. The Morgan fingerprint density at radius 1 is 0.523 bits per heavy atom. The van der Waals surface area contributed by atoms with Gasteiger partial charge in [0.1, 0.15) is 0 Å². The van der Waals surface area contributed by atoms with Crippen LogP contribution < -0.4 is 0 Å². The first-order valence-corrected chi connectivity index (χ1v) is 14.5. The molecule has 0 saturated heterocycles. The summed E-state index contributed by atoms with van der Waals surface area (Å²) < 4.78 is 109. The summed E-state index contributed by atoms with van der Waals surface area (Å²) in [5, 5.41) is 1.45. The first kappa shape index (κ1) is 15.7. The van der Waals surface area contributed by atoms with Crippen molar-refractivity contribution < 1.29 is 16.4 Å². The highest BCUT2D eigenvalue weighted by Gasteiger charge is 2.18. The zero-order valence-corrected chi connectivity index (χ0v) is 23.4. The molecule has 0 aliphatic rings. The molecule has 0 N–H and O–H groups in total. The van der Waals surface area contributed by atoms with Crippen molar-refractivity contribution in [3.8, 4) is 39.9 Å². The minimum atomic E-state index is -0.711. The summed E-state index contributed by atoms with van der Waals surface area (Å²) in [5.74, 6) is 0.313. The highest BCUT2D eigenvalue weighted by Crippen LogP contribution is 2.40. The molecule has 0 unspecified atom stereocenters. The van der Waals surface area contributed by atoms with Gasteiger partial charge in [0, 0.05) is 53.3 Å². The van der Waals surface area contributed by atoms with Crippen molar-refractivity contribution in [2.45, 2.75) is 0 Å². The molecule has 0 atom stereocenters. The van der Waals surface area contributed by atoms with Gasteiger partial charge in [0.05, 0.1) is 27.5 Å². The van der Waals surface area contributed by atoms with Gasteiger partial charge in [-0.15, -0.1) is 11.3 Å². The first-order chi connectivity index (χ1) is 26.8. The molecule has 206 valence electrons. The zero-order valence-electron chi connectivity index (χ0n) is 34.6. The summed E-state index contributed by atoms with van der Waals surface area (Å²) in [6, 6.07) is 15.1. The van der Waals surface area contributed by atoms with E-state index >= 15 is 0 Å². The summed E-state index contributed by atoms with van der Waals surface area (Å²) in [7, 11) is 0.